The van der Waals surface area contributed by atoms with E-state index in [-0.39, 0.29) is 12.4 Å². The van der Waals surface area contributed by atoms with Gasteiger partial charge in [0.15, 0.2) is 0 Å². The number of benzene rings is 1. The zero-order chi connectivity index (χ0) is 13.8. The molecule has 0 aromatic heterocycles. The topological polar surface area (TPSA) is 66.8 Å². The van der Waals surface area contributed by atoms with Gasteiger partial charge in [-0.3, -0.25) is 4.79 Å². The van der Waals surface area contributed by atoms with E-state index in [0.29, 0.717) is 11.9 Å². The van der Waals surface area contributed by atoms with Crippen LogP contribution in [0.25, 0.3) is 0 Å². The summed E-state index contributed by atoms with van der Waals surface area (Å²) in [7, 11) is -1.51. The van der Waals surface area contributed by atoms with Gasteiger partial charge in [0.1, 0.15) is 5.60 Å². The van der Waals surface area contributed by atoms with E-state index in [4.69, 9.17) is 4.74 Å². The van der Waals surface area contributed by atoms with Crippen molar-refractivity contribution in [3.8, 4) is 0 Å². The summed E-state index contributed by atoms with van der Waals surface area (Å²) in [4.78, 5) is 11.6. The van der Waals surface area contributed by atoms with Crippen molar-refractivity contribution < 1.29 is 19.6 Å². The molecule has 0 fully saturated rings. The number of esters is 1. The highest BCUT2D eigenvalue weighted by Crippen LogP contribution is 2.10. The van der Waals surface area contributed by atoms with Gasteiger partial charge >= 0.3 is 13.1 Å². The van der Waals surface area contributed by atoms with Crippen molar-refractivity contribution in [2.75, 3.05) is 0 Å². The van der Waals surface area contributed by atoms with Gasteiger partial charge in [-0.1, -0.05) is 24.3 Å². The molecule has 0 unspecified atom stereocenters. The maximum absolute atomic E-state index is 11.6. The summed E-state index contributed by atoms with van der Waals surface area (Å²) in [5, 5.41) is 18.4. The summed E-state index contributed by atoms with van der Waals surface area (Å²) in [6, 6.07) is 6.94. The molecule has 18 heavy (non-hydrogen) atoms. The highest BCUT2D eigenvalue weighted by molar-refractivity contribution is 6.59. The predicted octanol–water partition coefficient (Wildman–Crippen LogP) is 0.641. The predicted molar refractivity (Wildman–Crippen MR) is 70.4 cm³/mol. The molecule has 0 saturated carbocycles. The molecule has 98 valence electrons. The maximum atomic E-state index is 11.6. The van der Waals surface area contributed by atoms with Gasteiger partial charge in [0.25, 0.3) is 0 Å². The molecule has 0 heterocycles. The minimum Gasteiger partial charge on any atom is -0.460 e. The number of hydrogen-bond donors (Lipinski definition) is 2. The van der Waals surface area contributed by atoms with Gasteiger partial charge in [0.2, 0.25) is 0 Å². The number of rotatable bonds is 4. The van der Waals surface area contributed by atoms with Crippen molar-refractivity contribution in [3.63, 3.8) is 0 Å². The fourth-order valence-electron chi connectivity index (χ4n) is 1.64. The summed E-state index contributed by atoms with van der Waals surface area (Å²) >= 11 is 0. The first kappa shape index (κ1) is 14.7. The largest absolute Gasteiger partial charge is 0.488 e. The Bertz CT molecular complexity index is 410. The van der Waals surface area contributed by atoms with Crippen LogP contribution in [0, 0.1) is 0 Å². The Morgan fingerprint density at radius 3 is 2.44 bits per heavy atom. The number of carbonyl (C=O) groups excluding carboxylic acids is 1. The molecule has 4 nitrogen and oxygen atoms in total. The van der Waals surface area contributed by atoms with E-state index < -0.39 is 12.7 Å². The molecule has 1 aromatic rings. The minimum absolute atomic E-state index is 0.223. The van der Waals surface area contributed by atoms with E-state index in [1.807, 2.05) is 20.8 Å². The van der Waals surface area contributed by atoms with Crippen molar-refractivity contribution in [2.45, 2.75) is 39.2 Å². The molecule has 0 aliphatic rings. The third-order valence-corrected chi connectivity index (χ3v) is 2.35. The second-order valence-corrected chi connectivity index (χ2v) is 5.16. The summed E-state index contributed by atoms with van der Waals surface area (Å²) in [5.41, 5.74) is 0.687. The Morgan fingerprint density at radius 1 is 1.28 bits per heavy atom. The van der Waals surface area contributed by atoms with Crippen LogP contribution in [0.5, 0.6) is 0 Å². The number of carbonyl (C=O) groups is 1. The Balaban J connectivity index is 2.61. The van der Waals surface area contributed by atoms with Crippen molar-refractivity contribution in [1.29, 1.82) is 0 Å². The molecule has 0 aliphatic carbocycles. The van der Waals surface area contributed by atoms with Crippen LogP contribution in [0.15, 0.2) is 24.3 Å². The standard InChI is InChI=1S/C13H19BO4/c1-13(2,3)18-12(15)9-8-10-6-4-5-7-11(10)14(16)17/h4-7,16-17H,8-9H2,1-3H3. The summed E-state index contributed by atoms with van der Waals surface area (Å²) < 4.78 is 5.20. The van der Waals surface area contributed by atoms with Crippen LogP contribution in [-0.2, 0) is 16.0 Å². The van der Waals surface area contributed by atoms with E-state index in [0.717, 1.165) is 5.56 Å². The van der Waals surface area contributed by atoms with Crippen molar-refractivity contribution in [1.82, 2.24) is 0 Å². The Morgan fingerprint density at radius 2 is 1.89 bits per heavy atom. The lowest BCUT2D eigenvalue weighted by atomic mass is 9.76. The van der Waals surface area contributed by atoms with Gasteiger partial charge in [-0.25, -0.2) is 0 Å². The fraction of sp³-hybridized carbons (Fsp3) is 0.462. The SMILES string of the molecule is CC(C)(C)OC(=O)CCc1ccccc1B(O)O. The summed E-state index contributed by atoms with van der Waals surface area (Å²) in [6.45, 7) is 5.45. The monoisotopic (exact) mass is 250 g/mol. The van der Waals surface area contributed by atoms with Crippen molar-refractivity contribution in [2.24, 2.45) is 0 Å². The molecule has 0 aliphatic heterocycles. The van der Waals surface area contributed by atoms with Crippen LogP contribution in [0.4, 0.5) is 0 Å². The Hall–Kier alpha value is -1.33. The molecule has 1 rings (SSSR count). The zero-order valence-corrected chi connectivity index (χ0v) is 11.0. The summed E-state index contributed by atoms with van der Waals surface area (Å²) in [5.74, 6) is -0.287. The highest BCUT2D eigenvalue weighted by Gasteiger charge is 2.18. The van der Waals surface area contributed by atoms with E-state index in [2.05, 4.69) is 0 Å². The van der Waals surface area contributed by atoms with Crippen molar-refractivity contribution in [3.05, 3.63) is 29.8 Å². The number of ether oxygens (including phenoxy) is 1. The Kier molecular flexibility index (Phi) is 4.93. The molecule has 5 heteroatoms. The van der Waals surface area contributed by atoms with E-state index in [9.17, 15) is 14.8 Å². The molecule has 0 atom stereocenters. The normalized spacial score (nSPS) is 11.2. The average molecular weight is 250 g/mol. The van der Waals surface area contributed by atoms with E-state index in [1.165, 1.54) is 0 Å². The van der Waals surface area contributed by atoms with Crippen LogP contribution >= 0.6 is 0 Å². The minimum atomic E-state index is -1.51. The zero-order valence-electron chi connectivity index (χ0n) is 11.0. The Labute approximate surface area is 108 Å². The van der Waals surface area contributed by atoms with E-state index >= 15 is 0 Å². The third-order valence-electron chi connectivity index (χ3n) is 2.35. The van der Waals surface area contributed by atoms with Crippen molar-refractivity contribution >= 4 is 18.6 Å². The fourth-order valence-corrected chi connectivity index (χ4v) is 1.64. The quantitative estimate of drug-likeness (QED) is 0.608. The smallest absolute Gasteiger partial charge is 0.460 e. The molecular formula is C13H19BO4. The van der Waals surface area contributed by atoms with Gasteiger partial charge in [-0.05, 0) is 38.2 Å². The molecule has 0 amide bonds. The second-order valence-electron chi connectivity index (χ2n) is 5.16. The van der Waals surface area contributed by atoms with Crippen LogP contribution in [0.1, 0.15) is 32.8 Å². The molecule has 2 N–H and O–H groups in total. The van der Waals surface area contributed by atoms with Crippen LogP contribution < -0.4 is 5.46 Å². The summed E-state index contributed by atoms with van der Waals surface area (Å²) in [6.07, 6.45) is 0.656. The van der Waals surface area contributed by atoms with Gasteiger partial charge in [-0.15, -0.1) is 0 Å². The number of aryl methyl sites for hydroxylation is 1. The second kappa shape index (κ2) is 6.02. The van der Waals surface area contributed by atoms with Gasteiger partial charge in [-0.2, -0.15) is 0 Å². The molecular weight excluding hydrogens is 231 g/mol. The molecule has 1 aromatic carbocycles. The lowest BCUT2D eigenvalue weighted by Gasteiger charge is -2.19. The first-order valence-corrected chi connectivity index (χ1v) is 5.95. The van der Waals surface area contributed by atoms with Gasteiger partial charge < -0.3 is 14.8 Å². The first-order valence-electron chi connectivity index (χ1n) is 5.95. The maximum Gasteiger partial charge on any atom is 0.488 e. The lowest BCUT2D eigenvalue weighted by Crippen LogP contribution is -2.33. The molecule has 0 spiro atoms. The highest BCUT2D eigenvalue weighted by atomic mass is 16.6. The lowest BCUT2D eigenvalue weighted by molar-refractivity contribution is -0.154. The number of hydrogen-bond acceptors (Lipinski definition) is 4. The van der Waals surface area contributed by atoms with Crippen LogP contribution in [0.3, 0.4) is 0 Å². The molecule has 0 radical (unpaired) electrons. The molecule has 0 saturated heterocycles. The average Bonchev–Trinajstić information content (AvgIpc) is 2.24. The third kappa shape index (κ3) is 4.90. The van der Waals surface area contributed by atoms with Crippen LogP contribution in [-0.4, -0.2) is 28.7 Å². The van der Waals surface area contributed by atoms with E-state index in [1.54, 1.807) is 24.3 Å². The van der Waals surface area contributed by atoms with Gasteiger partial charge in [0, 0.05) is 6.42 Å². The van der Waals surface area contributed by atoms with Crippen LogP contribution in [0.2, 0.25) is 0 Å². The van der Waals surface area contributed by atoms with Gasteiger partial charge in [0.05, 0.1) is 0 Å². The first-order chi connectivity index (χ1) is 8.29. The molecule has 0 bridgehead atoms.